The van der Waals surface area contributed by atoms with E-state index in [4.69, 9.17) is 17.2 Å². The summed E-state index contributed by atoms with van der Waals surface area (Å²) >= 11 is 0. The smallest absolute Gasteiger partial charge is 0.326 e. The minimum Gasteiger partial charge on any atom is -0.480 e. The predicted molar refractivity (Wildman–Crippen MR) is 128 cm³/mol. The molecule has 12 nitrogen and oxygen atoms in total. The van der Waals surface area contributed by atoms with Crippen LogP contribution in [0.25, 0.3) is 0 Å². The Hall–Kier alpha value is -2.89. The highest BCUT2D eigenvalue weighted by Crippen LogP contribution is 2.21. The summed E-state index contributed by atoms with van der Waals surface area (Å²) < 4.78 is 0. The van der Waals surface area contributed by atoms with E-state index in [9.17, 15) is 24.3 Å². The van der Waals surface area contributed by atoms with Crippen molar-refractivity contribution in [3.63, 3.8) is 0 Å². The van der Waals surface area contributed by atoms with Gasteiger partial charge in [-0.15, -0.1) is 0 Å². The molecule has 34 heavy (non-hydrogen) atoms. The number of nitrogens with two attached hydrogens (primary N) is 3. The molecule has 0 aromatic carbocycles. The summed E-state index contributed by atoms with van der Waals surface area (Å²) in [5, 5.41) is 14.6. The third-order valence-electron chi connectivity index (χ3n) is 6.19. The first-order valence-electron chi connectivity index (χ1n) is 11.9. The van der Waals surface area contributed by atoms with Crippen LogP contribution < -0.4 is 27.8 Å². The van der Waals surface area contributed by atoms with Crippen molar-refractivity contribution in [3.05, 3.63) is 0 Å². The quantitative estimate of drug-likeness (QED) is 0.110. The van der Waals surface area contributed by atoms with Crippen molar-refractivity contribution in [2.75, 3.05) is 13.1 Å². The van der Waals surface area contributed by atoms with Gasteiger partial charge in [-0.2, -0.15) is 0 Å². The van der Waals surface area contributed by atoms with Gasteiger partial charge in [-0.25, -0.2) is 4.79 Å². The van der Waals surface area contributed by atoms with Crippen LogP contribution in [0.3, 0.4) is 0 Å². The van der Waals surface area contributed by atoms with Gasteiger partial charge < -0.3 is 37.8 Å². The second-order valence-corrected chi connectivity index (χ2v) is 9.18. The van der Waals surface area contributed by atoms with Gasteiger partial charge in [0.25, 0.3) is 0 Å². The van der Waals surface area contributed by atoms with Gasteiger partial charge in [0.05, 0.1) is 6.04 Å². The number of carboxylic acid groups (broad SMARTS) is 1. The second-order valence-electron chi connectivity index (χ2n) is 9.18. The number of rotatable bonds is 13. The lowest BCUT2D eigenvalue weighted by molar-refractivity contribution is -0.144. The average Bonchev–Trinajstić information content (AvgIpc) is 3.26. The van der Waals surface area contributed by atoms with Crippen LogP contribution in [-0.4, -0.2) is 76.9 Å². The minimum absolute atomic E-state index is 0.0325. The Bertz CT molecular complexity index is 754. The Labute approximate surface area is 201 Å². The number of likely N-dealkylation sites (tertiary alicyclic amines) is 1. The molecule has 1 saturated heterocycles. The molecule has 0 bridgehead atoms. The molecule has 1 fully saturated rings. The van der Waals surface area contributed by atoms with E-state index >= 15 is 0 Å². The Morgan fingerprint density at radius 2 is 1.79 bits per heavy atom. The summed E-state index contributed by atoms with van der Waals surface area (Å²) in [5.41, 5.74) is 16.8. The molecule has 0 aliphatic carbocycles. The van der Waals surface area contributed by atoms with Gasteiger partial charge in [-0.1, -0.05) is 34.1 Å². The van der Waals surface area contributed by atoms with Crippen LogP contribution in [0.5, 0.6) is 0 Å². The number of guanidine groups is 1. The normalized spacial score (nSPS) is 19.1. The zero-order valence-corrected chi connectivity index (χ0v) is 20.6. The van der Waals surface area contributed by atoms with E-state index in [1.54, 1.807) is 13.8 Å². The van der Waals surface area contributed by atoms with Gasteiger partial charge in [-0.3, -0.25) is 19.4 Å². The lowest BCUT2D eigenvalue weighted by Gasteiger charge is -2.30. The van der Waals surface area contributed by atoms with Crippen molar-refractivity contribution < 1.29 is 24.3 Å². The van der Waals surface area contributed by atoms with E-state index < -0.39 is 42.0 Å². The fourth-order valence-corrected chi connectivity index (χ4v) is 3.80. The van der Waals surface area contributed by atoms with E-state index in [1.165, 1.54) is 4.90 Å². The molecule has 9 N–H and O–H groups in total. The minimum atomic E-state index is -1.17. The highest BCUT2D eigenvalue weighted by Gasteiger charge is 2.38. The number of nitrogens with zero attached hydrogens (tertiary/aromatic N) is 2. The number of carboxylic acids is 1. The maximum absolute atomic E-state index is 13.1. The van der Waals surface area contributed by atoms with Crippen molar-refractivity contribution in [2.45, 2.75) is 84.0 Å². The molecule has 1 aliphatic heterocycles. The van der Waals surface area contributed by atoms with Crippen LogP contribution in [0.2, 0.25) is 0 Å². The molecule has 0 saturated carbocycles. The zero-order valence-electron chi connectivity index (χ0n) is 20.6. The summed E-state index contributed by atoms with van der Waals surface area (Å²) in [6.07, 6.45) is 2.40. The first kappa shape index (κ1) is 29.1. The summed E-state index contributed by atoms with van der Waals surface area (Å²) in [6.45, 7) is 7.84. The fraction of sp³-hybridized carbons (Fsp3) is 0.773. The molecule has 1 rings (SSSR count). The number of carbonyl (C=O) groups is 4. The first-order chi connectivity index (χ1) is 15.9. The summed E-state index contributed by atoms with van der Waals surface area (Å²) in [4.78, 5) is 55.8. The topological polar surface area (TPSA) is 206 Å². The molecule has 0 aromatic rings. The molecule has 1 aliphatic rings. The first-order valence-corrected chi connectivity index (χ1v) is 11.9. The summed E-state index contributed by atoms with van der Waals surface area (Å²) in [6, 6.07) is -3.57. The van der Waals surface area contributed by atoms with Crippen LogP contribution in [0, 0.1) is 11.8 Å². The lowest BCUT2D eigenvalue weighted by atomic mass is 9.98. The van der Waals surface area contributed by atoms with Crippen LogP contribution >= 0.6 is 0 Å². The largest absolute Gasteiger partial charge is 0.480 e. The number of hydrogen-bond donors (Lipinski definition) is 6. The van der Waals surface area contributed by atoms with Gasteiger partial charge in [-0.05, 0) is 37.5 Å². The summed E-state index contributed by atoms with van der Waals surface area (Å²) in [7, 11) is 0. The van der Waals surface area contributed by atoms with E-state index in [0.29, 0.717) is 25.8 Å². The van der Waals surface area contributed by atoms with Gasteiger partial charge >= 0.3 is 5.97 Å². The van der Waals surface area contributed by atoms with Crippen LogP contribution in [-0.2, 0) is 19.2 Å². The summed E-state index contributed by atoms with van der Waals surface area (Å²) in [5.74, 6) is -3.02. The Morgan fingerprint density at radius 1 is 1.15 bits per heavy atom. The van der Waals surface area contributed by atoms with Crippen LogP contribution in [0.4, 0.5) is 0 Å². The Morgan fingerprint density at radius 3 is 2.32 bits per heavy atom. The number of nitrogens with one attached hydrogen (secondary N) is 2. The number of hydrogen-bond acceptors (Lipinski definition) is 6. The van der Waals surface area contributed by atoms with Crippen LogP contribution in [0.1, 0.15) is 59.8 Å². The van der Waals surface area contributed by atoms with Crippen molar-refractivity contribution >= 4 is 29.7 Å². The van der Waals surface area contributed by atoms with E-state index in [1.807, 2.05) is 13.8 Å². The molecule has 0 radical (unpaired) electrons. The molecule has 0 aromatic heterocycles. The van der Waals surface area contributed by atoms with E-state index in [2.05, 4.69) is 15.6 Å². The Balaban J connectivity index is 2.98. The maximum atomic E-state index is 13.1. The third-order valence-corrected chi connectivity index (χ3v) is 6.19. The number of amides is 3. The van der Waals surface area contributed by atoms with E-state index in [0.717, 1.165) is 6.42 Å². The fourth-order valence-electron chi connectivity index (χ4n) is 3.80. The average molecular weight is 484 g/mol. The molecule has 194 valence electrons. The molecule has 5 unspecified atom stereocenters. The van der Waals surface area contributed by atoms with Crippen LogP contribution in [0.15, 0.2) is 4.99 Å². The number of carbonyl (C=O) groups excluding carboxylic acids is 3. The van der Waals surface area contributed by atoms with Gasteiger partial charge in [0.15, 0.2) is 5.96 Å². The van der Waals surface area contributed by atoms with Gasteiger partial charge in [0, 0.05) is 13.1 Å². The molecule has 3 amide bonds. The zero-order chi connectivity index (χ0) is 26.0. The lowest BCUT2D eigenvalue weighted by Crippen LogP contribution is -2.57. The standard InChI is InChI=1S/C22H41N7O5/c1-5-13(4)16(23)20(32)29-11-7-9-15(29)19(31)27-14(8-6-10-26-22(24)25)18(30)28-17(12(2)3)21(33)34/h12-17H,5-11,23H2,1-4H3,(H,27,31)(H,28,30)(H,33,34)(H4,24,25,26). The Kier molecular flexibility index (Phi) is 11.8. The number of aliphatic imine (C=N–C) groups is 1. The highest BCUT2D eigenvalue weighted by atomic mass is 16.4. The van der Waals surface area contributed by atoms with Gasteiger partial charge in [0.1, 0.15) is 18.1 Å². The molecular formula is C22H41N7O5. The number of aliphatic carboxylic acids is 1. The molecular weight excluding hydrogens is 442 g/mol. The predicted octanol–water partition coefficient (Wildman–Crippen LogP) is -0.885. The monoisotopic (exact) mass is 483 g/mol. The molecule has 12 heteroatoms. The third kappa shape index (κ3) is 8.47. The van der Waals surface area contributed by atoms with Gasteiger partial charge in [0.2, 0.25) is 17.7 Å². The molecule has 1 heterocycles. The van der Waals surface area contributed by atoms with E-state index in [-0.39, 0.29) is 36.7 Å². The molecule has 5 atom stereocenters. The SMILES string of the molecule is CCC(C)C(N)C(=O)N1CCCC1C(=O)NC(CCCN=C(N)N)C(=O)NC(C(=O)O)C(C)C. The van der Waals surface area contributed by atoms with Crippen molar-refractivity contribution in [3.8, 4) is 0 Å². The van der Waals surface area contributed by atoms with Crippen molar-refractivity contribution in [1.82, 2.24) is 15.5 Å². The second kappa shape index (κ2) is 13.7. The highest BCUT2D eigenvalue weighted by molar-refractivity contribution is 5.94. The van der Waals surface area contributed by atoms with Crippen molar-refractivity contribution in [2.24, 2.45) is 34.0 Å². The maximum Gasteiger partial charge on any atom is 0.326 e. The van der Waals surface area contributed by atoms with Crippen molar-refractivity contribution in [1.29, 1.82) is 0 Å². The molecule has 0 spiro atoms.